The lowest BCUT2D eigenvalue weighted by Gasteiger charge is -2.24. The molecule has 0 aliphatic carbocycles. The minimum Gasteiger partial charge on any atom is -0.314 e. The Balaban J connectivity index is 2.24. The molecule has 2 unspecified atom stereocenters. The number of sulfone groups is 1. The summed E-state index contributed by atoms with van der Waals surface area (Å²) in [5.74, 6) is 0.769. The van der Waals surface area contributed by atoms with Crippen molar-refractivity contribution >= 4 is 9.84 Å². The van der Waals surface area contributed by atoms with Gasteiger partial charge in [-0.1, -0.05) is 38.1 Å². The molecule has 1 aromatic rings. The van der Waals surface area contributed by atoms with Gasteiger partial charge in [0.2, 0.25) is 0 Å². The third kappa shape index (κ3) is 2.75. The molecular formula is C14H21NO2S. The molecule has 18 heavy (non-hydrogen) atoms. The second kappa shape index (κ2) is 5.41. The highest BCUT2D eigenvalue weighted by Gasteiger charge is 2.29. The van der Waals surface area contributed by atoms with Gasteiger partial charge < -0.3 is 5.32 Å². The fraction of sp³-hybridized carbons (Fsp3) is 0.571. The molecule has 4 heteroatoms. The van der Waals surface area contributed by atoms with E-state index in [1.807, 2.05) is 12.1 Å². The quantitative estimate of drug-likeness (QED) is 0.913. The molecule has 100 valence electrons. The Kier molecular flexibility index (Phi) is 4.07. The average molecular weight is 267 g/mol. The molecule has 1 aromatic carbocycles. The highest BCUT2D eigenvalue weighted by atomic mass is 32.2. The van der Waals surface area contributed by atoms with Crippen LogP contribution in [0.4, 0.5) is 0 Å². The number of benzene rings is 1. The van der Waals surface area contributed by atoms with Crippen molar-refractivity contribution < 1.29 is 8.42 Å². The van der Waals surface area contributed by atoms with Crippen molar-refractivity contribution in [3.05, 3.63) is 35.4 Å². The first-order valence-electron chi connectivity index (χ1n) is 6.56. The van der Waals surface area contributed by atoms with Crippen LogP contribution >= 0.6 is 0 Å². The van der Waals surface area contributed by atoms with Crippen LogP contribution in [-0.4, -0.2) is 27.3 Å². The Morgan fingerprint density at radius 2 is 2.00 bits per heavy atom. The number of hydrogen-bond acceptors (Lipinski definition) is 3. The first-order chi connectivity index (χ1) is 8.54. The molecule has 2 rings (SSSR count). The highest BCUT2D eigenvalue weighted by Crippen LogP contribution is 2.27. The summed E-state index contributed by atoms with van der Waals surface area (Å²) in [5, 5.41) is 2.78. The summed E-state index contributed by atoms with van der Waals surface area (Å²) in [6.07, 6.45) is 1.10. The molecule has 0 amide bonds. The third-order valence-corrected chi connectivity index (χ3v) is 5.90. The van der Waals surface area contributed by atoms with E-state index in [-0.39, 0.29) is 11.0 Å². The van der Waals surface area contributed by atoms with E-state index in [1.54, 1.807) is 0 Å². The van der Waals surface area contributed by atoms with Crippen molar-refractivity contribution in [3.63, 3.8) is 0 Å². The zero-order chi connectivity index (χ0) is 13.2. The fourth-order valence-corrected chi connectivity index (χ4v) is 3.97. The lowest BCUT2D eigenvalue weighted by molar-refractivity contribution is 0.551. The van der Waals surface area contributed by atoms with E-state index in [0.717, 1.165) is 12.0 Å². The van der Waals surface area contributed by atoms with Crippen LogP contribution in [0.3, 0.4) is 0 Å². The molecule has 3 nitrogen and oxygen atoms in total. The largest absolute Gasteiger partial charge is 0.314 e. The molecular weight excluding hydrogens is 246 g/mol. The van der Waals surface area contributed by atoms with Crippen molar-refractivity contribution in [3.8, 4) is 0 Å². The van der Waals surface area contributed by atoms with E-state index >= 15 is 0 Å². The predicted molar refractivity (Wildman–Crippen MR) is 74.5 cm³/mol. The average Bonchev–Trinajstić information content (AvgIpc) is 2.37. The maximum atomic E-state index is 12.0. The summed E-state index contributed by atoms with van der Waals surface area (Å²) in [6.45, 7) is 5.46. The molecule has 1 aliphatic heterocycles. The third-order valence-electron chi connectivity index (χ3n) is 3.82. The van der Waals surface area contributed by atoms with Gasteiger partial charge in [0.25, 0.3) is 0 Å². The molecule has 0 spiro atoms. The second-order valence-corrected chi connectivity index (χ2v) is 7.34. The van der Waals surface area contributed by atoms with Crippen LogP contribution in [0, 0.1) is 0 Å². The van der Waals surface area contributed by atoms with E-state index in [1.165, 1.54) is 5.56 Å². The molecule has 1 fully saturated rings. The summed E-state index contributed by atoms with van der Waals surface area (Å²) < 4.78 is 24.0. The van der Waals surface area contributed by atoms with Crippen LogP contribution < -0.4 is 5.32 Å². The molecule has 1 N–H and O–H groups in total. The predicted octanol–water partition coefficient (Wildman–Crippen LogP) is 2.26. The minimum atomic E-state index is -2.98. The Bertz CT molecular complexity index is 493. The topological polar surface area (TPSA) is 46.2 Å². The minimum absolute atomic E-state index is 0.241. The van der Waals surface area contributed by atoms with Gasteiger partial charge in [-0.25, -0.2) is 8.42 Å². The Morgan fingerprint density at radius 3 is 2.56 bits per heavy atom. The van der Waals surface area contributed by atoms with Gasteiger partial charge in [-0.3, -0.25) is 0 Å². The molecule has 0 bridgehead atoms. The van der Waals surface area contributed by atoms with Crippen molar-refractivity contribution in [2.75, 3.05) is 18.8 Å². The maximum absolute atomic E-state index is 12.0. The van der Waals surface area contributed by atoms with E-state index in [4.69, 9.17) is 0 Å². The Morgan fingerprint density at radius 1 is 1.33 bits per heavy atom. The van der Waals surface area contributed by atoms with Gasteiger partial charge in [0.05, 0.1) is 11.0 Å². The number of nitrogens with one attached hydrogen (secondary N) is 1. The van der Waals surface area contributed by atoms with Gasteiger partial charge in [-0.05, 0) is 23.5 Å². The lowest BCUT2D eigenvalue weighted by atomic mass is 9.97. The molecule has 0 radical (unpaired) electrons. The molecule has 0 aromatic heterocycles. The standard InChI is InChI=1S/C14H21NO2S/c1-3-11(2)12-4-6-13(7-5-12)14-10-15-8-9-18(14,16)17/h4-7,11,14-15H,3,8-10H2,1-2H3. The molecule has 1 aliphatic rings. The van der Waals surface area contributed by atoms with Crippen LogP contribution in [0.25, 0.3) is 0 Å². The fourth-order valence-electron chi connectivity index (χ4n) is 2.32. The summed E-state index contributed by atoms with van der Waals surface area (Å²) in [6, 6.07) is 8.06. The molecule has 1 saturated heterocycles. The molecule has 0 saturated carbocycles. The van der Waals surface area contributed by atoms with Crippen molar-refractivity contribution in [1.82, 2.24) is 5.32 Å². The SMILES string of the molecule is CCC(C)c1ccc(C2CNCCS2(=O)=O)cc1. The number of hydrogen-bond donors (Lipinski definition) is 1. The van der Waals surface area contributed by atoms with Gasteiger partial charge >= 0.3 is 0 Å². The second-order valence-electron chi connectivity index (χ2n) is 5.04. The van der Waals surface area contributed by atoms with Gasteiger partial charge in [0, 0.05) is 13.1 Å². The molecule has 1 heterocycles. The summed E-state index contributed by atoms with van der Waals surface area (Å²) >= 11 is 0. The van der Waals surface area contributed by atoms with E-state index < -0.39 is 9.84 Å². The Labute approximate surface area is 110 Å². The van der Waals surface area contributed by atoms with Gasteiger partial charge in [0.1, 0.15) is 0 Å². The summed E-state index contributed by atoms with van der Waals surface area (Å²) in [4.78, 5) is 0. The van der Waals surface area contributed by atoms with Gasteiger partial charge in [-0.2, -0.15) is 0 Å². The van der Waals surface area contributed by atoms with E-state index in [0.29, 0.717) is 19.0 Å². The lowest BCUT2D eigenvalue weighted by Crippen LogP contribution is -2.38. The maximum Gasteiger partial charge on any atom is 0.159 e. The van der Waals surface area contributed by atoms with Crippen LogP contribution in [0.2, 0.25) is 0 Å². The van der Waals surface area contributed by atoms with Crippen molar-refractivity contribution in [1.29, 1.82) is 0 Å². The monoisotopic (exact) mass is 267 g/mol. The zero-order valence-electron chi connectivity index (χ0n) is 11.0. The van der Waals surface area contributed by atoms with Crippen molar-refractivity contribution in [2.24, 2.45) is 0 Å². The van der Waals surface area contributed by atoms with Gasteiger partial charge in [-0.15, -0.1) is 0 Å². The smallest absolute Gasteiger partial charge is 0.159 e. The number of rotatable bonds is 3. The first kappa shape index (κ1) is 13.6. The highest BCUT2D eigenvalue weighted by molar-refractivity contribution is 7.91. The Hall–Kier alpha value is -0.870. The summed E-state index contributed by atoms with van der Waals surface area (Å²) in [5.41, 5.74) is 2.19. The van der Waals surface area contributed by atoms with Crippen LogP contribution in [0.15, 0.2) is 24.3 Å². The molecule has 2 atom stereocenters. The van der Waals surface area contributed by atoms with Crippen LogP contribution in [0.5, 0.6) is 0 Å². The van der Waals surface area contributed by atoms with Crippen LogP contribution in [0.1, 0.15) is 42.6 Å². The summed E-state index contributed by atoms with van der Waals surface area (Å²) in [7, 11) is -2.98. The van der Waals surface area contributed by atoms with Gasteiger partial charge in [0.15, 0.2) is 9.84 Å². The van der Waals surface area contributed by atoms with E-state index in [9.17, 15) is 8.42 Å². The normalized spacial score (nSPS) is 24.7. The zero-order valence-corrected chi connectivity index (χ0v) is 11.8. The van der Waals surface area contributed by atoms with Crippen LogP contribution in [-0.2, 0) is 9.84 Å². The van der Waals surface area contributed by atoms with E-state index in [2.05, 4.69) is 31.3 Å². The van der Waals surface area contributed by atoms with Crippen molar-refractivity contribution in [2.45, 2.75) is 31.4 Å². The first-order valence-corrected chi connectivity index (χ1v) is 8.28.